The Bertz CT molecular complexity index is 568. The Morgan fingerprint density at radius 2 is 1.62 bits per heavy atom. The predicted molar refractivity (Wildman–Crippen MR) is 86.9 cm³/mol. The molecule has 1 saturated heterocycles. The lowest BCUT2D eigenvalue weighted by Gasteiger charge is -2.26. The van der Waals surface area contributed by atoms with Gasteiger partial charge in [0.15, 0.2) is 0 Å². The molecule has 110 valence electrons. The Balaban J connectivity index is 1.77. The van der Waals surface area contributed by atoms with Crippen LogP contribution in [-0.2, 0) is 5.41 Å². The molecule has 0 aromatic heterocycles. The van der Waals surface area contributed by atoms with Crippen LogP contribution in [-0.4, -0.2) is 19.2 Å². The Morgan fingerprint density at radius 3 is 2.24 bits per heavy atom. The van der Waals surface area contributed by atoms with Crippen molar-refractivity contribution in [2.75, 3.05) is 13.1 Å². The fourth-order valence-corrected chi connectivity index (χ4v) is 2.89. The average molecular weight is 281 g/mol. The van der Waals surface area contributed by atoms with Crippen LogP contribution in [0.4, 0.5) is 0 Å². The molecule has 2 nitrogen and oxygen atoms in total. The Labute approximate surface area is 127 Å². The van der Waals surface area contributed by atoms with Crippen LogP contribution in [0.2, 0.25) is 0 Å². The van der Waals surface area contributed by atoms with Crippen LogP contribution in [0.15, 0.2) is 54.6 Å². The normalized spacial score (nSPS) is 18.7. The molecule has 0 radical (unpaired) electrons. The third kappa shape index (κ3) is 3.11. The number of ether oxygens (including phenoxy) is 1. The molecule has 0 saturated carbocycles. The first-order chi connectivity index (χ1) is 10.2. The highest BCUT2D eigenvalue weighted by Crippen LogP contribution is 2.32. The second-order valence-corrected chi connectivity index (χ2v) is 6.25. The average Bonchev–Trinajstić information content (AvgIpc) is 3.02. The smallest absolute Gasteiger partial charge is 0.119 e. The van der Waals surface area contributed by atoms with Crippen molar-refractivity contribution >= 4 is 0 Å². The van der Waals surface area contributed by atoms with Crippen molar-refractivity contribution in [3.63, 3.8) is 0 Å². The van der Waals surface area contributed by atoms with Gasteiger partial charge < -0.3 is 10.1 Å². The molecule has 0 amide bonds. The first-order valence-corrected chi connectivity index (χ1v) is 7.70. The summed E-state index contributed by atoms with van der Waals surface area (Å²) in [6, 6.07) is 19.2. The van der Waals surface area contributed by atoms with Gasteiger partial charge in [0, 0.05) is 12.0 Å². The molecule has 1 aliphatic rings. The van der Waals surface area contributed by atoms with Crippen molar-refractivity contribution in [2.24, 2.45) is 0 Å². The predicted octanol–water partition coefficient (Wildman–Crippen LogP) is 3.75. The molecule has 0 spiro atoms. The van der Waals surface area contributed by atoms with Gasteiger partial charge >= 0.3 is 0 Å². The molecule has 21 heavy (non-hydrogen) atoms. The Morgan fingerprint density at radius 1 is 0.952 bits per heavy atom. The van der Waals surface area contributed by atoms with E-state index in [1.165, 1.54) is 11.1 Å². The zero-order valence-electron chi connectivity index (χ0n) is 12.8. The topological polar surface area (TPSA) is 21.3 Å². The molecule has 1 atom stereocenters. The maximum Gasteiger partial charge on any atom is 0.119 e. The summed E-state index contributed by atoms with van der Waals surface area (Å²) < 4.78 is 5.99. The fourth-order valence-electron chi connectivity index (χ4n) is 2.89. The quantitative estimate of drug-likeness (QED) is 0.921. The van der Waals surface area contributed by atoms with Gasteiger partial charge in [-0.2, -0.15) is 0 Å². The number of benzene rings is 2. The van der Waals surface area contributed by atoms with Crippen LogP contribution >= 0.6 is 0 Å². The van der Waals surface area contributed by atoms with E-state index in [0.29, 0.717) is 6.10 Å². The van der Waals surface area contributed by atoms with Crippen molar-refractivity contribution in [3.8, 4) is 5.75 Å². The van der Waals surface area contributed by atoms with E-state index < -0.39 is 0 Å². The molecule has 0 bridgehead atoms. The minimum absolute atomic E-state index is 0.00863. The number of rotatable bonds is 4. The Hall–Kier alpha value is -1.80. The van der Waals surface area contributed by atoms with Crippen molar-refractivity contribution in [2.45, 2.75) is 31.8 Å². The van der Waals surface area contributed by atoms with Gasteiger partial charge in [-0.1, -0.05) is 56.3 Å². The van der Waals surface area contributed by atoms with Gasteiger partial charge in [-0.05, 0) is 36.2 Å². The molecule has 0 aliphatic carbocycles. The van der Waals surface area contributed by atoms with Crippen molar-refractivity contribution in [3.05, 3.63) is 65.7 Å². The molecule has 1 aliphatic heterocycles. The molecule has 2 aromatic rings. The second-order valence-electron chi connectivity index (χ2n) is 6.25. The van der Waals surface area contributed by atoms with Crippen molar-refractivity contribution < 1.29 is 4.74 Å². The zero-order chi connectivity index (χ0) is 14.7. The van der Waals surface area contributed by atoms with Gasteiger partial charge in [0.25, 0.3) is 0 Å². The summed E-state index contributed by atoms with van der Waals surface area (Å²) in [5, 5.41) is 3.32. The number of hydrogen-bond acceptors (Lipinski definition) is 2. The summed E-state index contributed by atoms with van der Waals surface area (Å²) in [5.41, 5.74) is 2.65. The summed E-state index contributed by atoms with van der Waals surface area (Å²) >= 11 is 0. The lowest BCUT2D eigenvalue weighted by atomic mass is 9.78. The monoisotopic (exact) mass is 281 g/mol. The number of nitrogens with one attached hydrogen (secondary N) is 1. The Kier molecular flexibility index (Phi) is 3.98. The number of hydrogen-bond donors (Lipinski definition) is 1. The SMILES string of the molecule is CC(C)(c1ccccc1)c1ccc(O[C@H]2CCNC2)cc1. The summed E-state index contributed by atoms with van der Waals surface area (Å²) in [5.74, 6) is 0.969. The standard InChI is InChI=1S/C19H23NO/c1-19(2,15-6-4-3-5-7-15)16-8-10-17(11-9-16)21-18-12-13-20-14-18/h3-11,18,20H,12-14H2,1-2H3/t18-/m0/s1. The molecular formula is C19H23NO. The first-order valence-electron chi connectivity index (χ1n) is 7.70. The van der Waals surface area contributed by atoms with Gasteiger partial charge in [0.05, 0.1) is 0 Å². The van der Waals surface area contributed by atoms with Gasteiger partial charge in [0.1, 0.15) is 11.9 Å². The third-order valence-corrected chi connectivity index (χ3v) is 4.39. The van der Waals surface area contributed by atoms with E-state index in [4.69, 9.17) is 4.74 Å². The van der Waals surface area contributed by atoms with E-state index in [1.807, 2.05) is 0 Å². The van der Waals surface area contributed by atoms with Crippen molar-refractivity contribution in [1.29, 1.82) is 0 Å². The van der Waals surface area contributed by atoms with Gasteiger partial charge in [-0.15, -0.1) is 0 Å². The highest BCUT2D eigenvalue weighted by molar-refractivity contribution is 5.39. The highest BCUT2D eigenvalue weighted by Gasteiger charge is 2.23. The molecule has 0 unspecified atom stereocenters. The van der Waals surface area contributed by atoms with Crippen LogP contribution in [0.3, 0.4) is 0 Å². The van der Waals surface area contributed by atoms with Crippen LogP contribution in [0, 0.1) is 0 Å². The molecule has 3 rings (SSSR count). The molecule has 1 heterocycles. The highest BCUT2D eigenvalue weighted by atomic mass is 16.5. The van der Waals surface area contributed by atoms with E-state index in [9.17, 15) is 0 Å². The maximum atomic E-state index is 5.99. The largest absolute Gasteiger partial charge is 0.489 e. The molecule has 1 N–H and O–H groups in total. The van der Waals surface area contributed by atoms with Crippen molar-refractivity contribution in [1.82, 2.24) is 5.32 Å². The van der Waals surface area contributed by atoms with Crippen LogP contribution in [0.5, 0.6) is 5.75 Å². The van der Waals surface area contributed by atoms with Gasteiger partial charge in [-0.25, -0.2) is 0 Å². The lowest BCUT2D eigenvalue weighted by molar-refractivity contribution is 0.223. The molecule has 2 heteroatoms. The minimum atomic E-state index is 0.00863. The summed E-state index contributed by atoms with van der Waals surface area (Å²) in [4.78, 5) is 0. The van der Waals surface area contributed by atoms with E-state index in [2.05, 4.69) is 73.8 Å². The van der Waals surface area contributed by atoms with Gasteiger partial charge in [-0.3, -0.25) is 0 Å². The first kappa shape index (κ1) is 14.2. The van der Waals surface area contributed by atoms with E-state index in [-0.39, 0.29) is 5.41 Å². The summed E-state index contributed by atoms with van der Waals surface area (Å²) in [6.07, 6.45) is 1.41. The van der Waals surface area contributed by atoms with Crippen LogP contribution in [0.1, 0.15) is 31.4 Å². The minimum Gasteiger partial charge on any atom is -0.489 e. The van der Waals surface area contributed by atoms with E-state index >= 15 is 0 Å². The van der Waals surface area contributed by atoms with Gasteiger partial charge in [0.2, 0.25) is 0 Å². The summed E-state index contributed by atoms with van der Waals surface area (Å²) in [7, 11) is 0. The maximum absolute atomic E-state index is 5.99. The summed E-state index contributed by atoms with van der Waals surface area (Å²) in [6.45, 7) is 6.54. The fraction of sp³-hybridized carbons (Fsp3) is 0.368. The van der Waals surface area contributed by atoms with Crippen LogP contribution < -0.4 is 10.1 Å². The van der Waals surface area contributed by atoms with E-state index in [0.717, 1.165) is 25.3 Å². The third-order valence-electron chi connectivity index (χ3n) is 4.39. The molecule has 2 aromatic carbocycles. The van der Waals surface area contributed by atoms with Crippen LogP contribution in [0.25, 0.3) is 0 Å². The zero-order valence-corrected chi connectivity index (χ0v) is 12.8. The molecule has 1 fully saturated rings. The second kappa shape index (κ2) is 5.90. The molecular weight excluding hydrogens is 258 g/mol. The lowest BCUT2D eigenvalue weighted by Crippen LogP contribution is -2.20. The van der Waals surface area contributed by atoms with E-state index in [1.54, 1.807) is 0 Å².